The minimum Gasteiger partial charge on any atom is -0.396 e. The van der Waals surface area contributed by atoms with Crippen molar-refractivity contribution in [2.24, 2.45) is 0 Å². The quantitative estimate of drug-likeness (QED) is 0.712. The molecule has 0 radical (unpaired) electrons. The molecule has 6 nitrogen and oxygen atoms in total. The first-order valence-corrected chi connectivity index (χ1v) is 8.68. The molecule has 1 saturated carbocycles. The second kappa shape index (κ2) is 7.09. The lowest BCUT2D eigenvalue weighted by molar-refractivity contribution is 0.102. The number of carbonyl (C=O) groups is 1. The number of nitrogens with one attached hydrogen (secondary N) is 1. The summed E-state index contributed by atoms with van der Waals surface area (Å²) in [4.78, 5) is 16.9. The summed E-state index contributed by atoms with van der Waals surface area (Å²) in [6.07, 6.45) is 2.80. The zero-order valence-corrected chi connectivity index (χ0v) is 14.2. The number of benzene rings is 2. The third-order valence-corrected chi connectivity index (χ3v) is 4.36. The van der Waals surface area contributed by atoms with Gasteiger partial charge in [-0.05, 0) is 49.1 Å². The van der Waals surface area contributed by atoms with E-state index in [9.17, 15) is 4.79 Å². The highest BCUT2D eigenvalue weighted by molar-refractivity contribution is 6.04. The average molecular weight is 349 g/mol. The molecule has 1 heterocycles. The summed E-state index contributed by atoms with van der Waals surface area (Å²) in [6, 6.07) is 14.6. The Balaban J connectivity index is 1.48. The average Bonchev–Trinajstić information content (AvgIpc) is 3.40. The molecule has 2 N–H and O–H groups in total. The first-order chi connectivity index (χ1) is 12.7. The second-order valence-electron chi connectivity index (χ2n) is 6.44. The topological polar surface area (TPSA) is 88.2 Å². The van der Waals surface area contributed by atoms with Gasteiger partial charge in [-0.3, -0.25) is 4.79 Å². The fourth-order valence-corrected chi connectivity index (χ4v) is 2.74. The van der Waals surface area contributed by atoms with Crippen molar-refractivity contribution in [3.05, 3.63) is 65.5 Å². The fraction of sp³-hybridized carbons (Fsp3) is 0.250. The number of aromatic nitrogens is 2. The molecule has 2 aromatic carbocycles. The van der Waals surface area contributed by atoms with E-state index < -0.39 is 0 Å². The summed E-state index contributed by atoms with van der Waals surface area (Å²) in [5.74, 6) is 1.39. The first-order valence-electron chi connectivity index (χ1n) is 8.68. The highest BCUT2D eigenvalue weighted by atomic mass is 16.5. The van der Waals surface area contributed by atoms with Crippen LogP contribution in [-0.2, 0) is 6.42 Å². The molecule has 3 aromatic rings. The largest absolute Gasteiger partial charge is 0.396 e. The number of aliphatic hydroxyl groups excluding tert-OH is 1. The Morgan fingerprint density at radius 1 is 1.19 bits per heavy atom. The molecule has 0 bridgehead atoms. The summed E-state index contributed by atoms with van der Waals surface area (Å²) in [5.41, 5.74) is 3.01. The summed E-state index contributed by atoms with van der Waals surface area (Å²) in [7, 11) is 0. The van der Waals surface area contributed by atoms with Crippen LogP contribution in [0.3, 0.4) is 0 Å². The van der Waals surface area contributed by atoms with Crippen LogP contribution in [0.1, 0.15) is 40.6 Å². The van der Waals surface area contributed by atoms with E-state index in [1.807, 2.05) is 36.4 Å². The Labute approximate surface area is 150 Å². The summed E-state index contributed by atoms with van der Waals surface area (Å²) < 4.78 is 5.29. The van der Waals surface area contributed by atoms with Gasteiger partial charge in [0.05, 0.1) is 0 Å². The predicted octanol–water partition coefficient (Wildman–Crippen LogP) is 3.40. The lowest BCUT2D eigenvalue weighted by Crippen LogP contribution is -2.12. The van der Waals surface area contributed by atoms with Crippen molar-refractivity contribution in [1.29, 1.82) is 0 Å². The maximum Gasteiger partial charge on any atom is 0.255 e. The van der Waals surface area contributed by atoms with E-state index in [2.05, 4.69) is 15.5 Å². The van der Waals surface area contributed by atoms with E-state index in [1.54, 1.807) is 12.1 Å². The zero-order chi connectivity index (χ0) is 17.9. The Bertz CT molecular complexity index is 914. The third-order valence-electron chi connectivity index (χ3n) is 4.36. The molecule has 0 unspecified atom stereocenters. The van der Waals surface area contributed by atoms with Gasteiger partial charge in [-0.25, -0.2) is 0 Å². The van der Waals surface area contributed by atoms with Crippen molar-refractivity contribution in [1.82, 2.24) is 10.1 Å². The molecule has 132 valence electrons. The molecule has 4 rings (SSSR count). The van der Waals surface area contributed by atoms with Gasteiger partial charge in [-0.15, -0.1) is 0 Å². The van der Waals surface area contributed by atoms with Crippen LogP contribution in [0.2, 0.25) is 0 Å². The van der Waals surface area contributed by atoms with Crippen LogP contribution in [0.5, 0.6) is 0 Å². The van der Waals surface area contributed by atoms with E-state index in [-0.39, 0.29) is 12.5 Å². The highest BCUT2D eigenvalue weighted by Gasteiger charge is 2.29. The predicted molar refractivity (Wildman–Crippen MR) is 96.9 cm³/mol. The maximum absolute atomic E-state index is 12.5. The number of nitrogens with zero attached hydrogens (tertiary/aromatic N) is 2. The maximum atomic E-state index is 12.5. The standard InChI is InChI=1S/C20H19N3O3/c24-11-10-13-4-8-17(9-5-13)21-19(25)16-3-1-2-15(12-16)18-22-20(26-23-18)14-6-7-14/h1-5,8-9,12,14,24H,6-7,10-11H2,(H,21,25). The smallest absolute Gasteiger partial charge is 0.255 e. The third kappa shape index (κ3) is 3.65. The van der Waals surface area contributed by atoms with Gasteiger partial charge in [0.2, 0.25) is 11.7 Å². The number of aliphatic hydroxyl groups is 1. The number of carbonyl (C=O) groups excluding carboxylic acids is 1. The minimum absolute atomic E-state index is 0.108. The number of hydrogen-bond acceptors (Lipinski definition) is 5. The molecule has 1 aliphatic carbocycles. The van der Waals surface area contributed by atoms with Crippen LogP contribution in [0, 0.1) is 0 Å². The van der Waals surface area contributed by atoms with Crippen molar-refractivity contribution < 1.29 is 14.4 Å². The van der Waals surface area contributed by atoms with Crippen molar-refractivity contribution in [3.63, 3.8) is 0 Å². The molecule has 0 atom stereocenters. The van der Waals surface area contributed by atoms with Crippen molar-refractivity contribution >= 4 is 11.6 Å². The summed E-state index contributed by atoms with van der Waals surface area (Å²) >= 11 is 0. The van der Waals surface area contributed by atoms with Crippen LogP contribution in [0.4, 0.5) is 5.69 Å². The van der Waals surface area contributed by atoms with Crippen LogP contribution in [0.15, 0.2) is 53.1 Å². The molecular formula is C20H19N3O3. The Morgan fingerprint density at radius 3 is 2.73 bits per heavy atom. The van der Waals surface area contributed by atoms with E-state index >= 15 is 0 Å². The normalized spacial score (nSPS) is 13.6. The van der Waals surface area contributed by atoms with Gasteiger partial charge >= 0.3 is 0 Å². The van der Waals surface area contributed by atoms with Crippen molar-refractivity contribution in [3.8, 4) is 11.4 Å². The minimum atomic E-state index is -0.201. The Morgan fingerprint density at radius 2 is 2.00 bits per heavy atom. The number of rotatable bonds is 6. The Hall–Kier alpha value is -2.99. The van der Waals surface area contributed by atoms with Crippen LogP contribution >= 0.6 is 0 Å². The first kappa shape index (κ1) is 16.5. The zero-order valence-electron chi connectivity index (χ0n) is 14.2. The van der Waals surface area contributed by atoms with Crippen LogP contribution in [-0.4, -0.2) is 27.8 Å². The second-order valence-corrected chi connectivity index (χ2v) is 6.44. The lowest BCUT2D eigenvalue weighted by atomic mass is 10.1. The van der Waals surface area contributed by atoms with Gasteiger partial charge in [0.25, 0.3) is 5.91 Å². The molecule has 0 saturated heterocycles. The van der Waals surface area contributed by atoms with Gasteiger partial charge in [0.15, 0.2) is 0 Å². The molecule has 1 aliphatic rings. The van der Waals surface area contributed by atoms with Gasteiger partial charge in [-0.2, -0.15) is 4.98 Å². The number of amides is 1. The molecule has 6 heteroatoms. The summed E-state index contributed by atoms with van der Waals surface area (Å²) in [6.45, 7) is 0.108. The molecule has 1 amide bonds. The van der Waals surface area contributed by atoms with Crippen molar-refractivity contribution in [2.45, 2.75) is 25.2 Å². The van der Waals surface area contributed by atoms with Gasteiger partial charge in [-0.1, -0.05) is 29.4 Å². The molecule has 1 aromatic heterocycles. The van der Waals surface area contributed by atoms with E-state index in [4.69, 9.17) is 9.63 Å². The highest BCUT2D eigenvalue weighted by Crippen LogP contribution is 2.39. The van der Waals surface area contributed by atoms with Gasteiger partial charge in [0.1, 0.15) is 0 Å². The molecular weight excluding hydrogens is 330 g/mol. The van der Waals surface area contributed by atoms with Gasteiger partial charge < -0.3 is 14.9 Å². The molecule has 0 spiro atoms. The SMILES string of the molecule is O=C(Nc1ccc(CCO)cc1)c1cccc(-c2noc(C3CC3)n2)c1. The monoisotopic (exact) mass is 349 g/mol. The van der Waals surface area contributed by atoms with E-state index in [0.29, 0.717) is 35.3 Å². The molecule has 0 aliphatic heterocycles. The number of hydrogen-bond donors (Lipinski definition) is 2. The fourth-order valence-electron chi connectivity index (χ4n) is 2.74. The van der Waals surface area contributed by atoms with Crippen LogP contribution < -0.4 is 5.32 Å². The number of anilines is 1. The molecule has 1 fully saturated rings. The lowest BCUT2D eigenvalue weighted by Gasteiger charge is -2.07. The van der Waals surface area contributed by atoms with E-state index in [1.165, 1.54) is 0 Å². The van der Waals surface area contributed by atoms with Gasteiger partial charge in [0, 0.05) is 29.3 Å². The summed E-state index contributed by atoms with van der Waals surface area (Å²) in [5, 5.41) is 15.8. The Kier molecular flexibility index (Phi) is 4.50. The van der Waals surface area contributed by atoms with E-state index in [0.717, 1.165) is 24.0 Å². The molecule has 26 heavy (non-hydrogen) atoms. The van der Waals surface area contributed by atoms with Crippen molar-refractivity contribution in [2.75, 3.05) is 11.9 Å². The van der Waals surface area contributed by atoms with Crippen LogP contribution in [0.25, 0.3) is 11.4 Å².